The number of benzene rings is 1. The van der Waals surface area contributed by atoms with Gasteiger partial charge >= 0.3 is 6.18 Å². The maximum absolute atomic E-state index is 12.8. The van der Waals surface area contributed by atoms with Crippen molar-refractivity contribution in [3.05, 3.63) is 46.7 Å². The molecule has 18 heavy (non-hydrogen) atoms. The van der Waals surface area contributed by atoms with Gasteiger partial charge in [0.25, 0.3) is 0 Å². The van der Waals surface area contributed by atoms with E-state index in [0.29, 0.717) is 5.56 Å². The second kappa shape index (κ2) is 4.57. The van der Waals surface area contributed by atoms with Gasteiger partial charge < -0.3 is 0 Å². The number of rotatable bonds is 1. The first-order valence-corrected chi connectivity index (χ1v) is 5.43. The number of nitrogens with zero attached hydrogens (tertiary/aromatic N) is 2. The SMILES string of the molecule is Cc1cnc(-c2ccccc2C(F)(F)F)nc1Cl. The van der Waals surface area contributed by atoms with Crippen molar-refractivity contribution in [1.82, 2.24) is 9.97 Å². The predicted octanol–water partition coefficient (Wildman–Crippen LogP) is 4.12. The molecular weight excluding hydrogens is 265 g/mol. The highest BCUT2D eigenvalue weighted by Crippen LogP contribution is 2.35. The van der Waals surface area contributed by atoms with Crippen molar-refractivity contribution in [3.8, 4) is 11.4 Å². The fourth-order valence-corrected chi connectivity index (χ4v) is 1.61. The van der Waals surface area contributed by atoms with Crippen LogP contribution in [0.2, 0.25) is 5.15 Å². The van der Waals surface area contributed by atoms with Gasteiger partial charge in [0.15, 0.2) is 5.82 Å². The number of alkyl halides is 3. The van der Waals surface area contributed by atoms with Crippen LogP contribution in [-0.4, -0.2) is 9.97 Å². The molecule has 0 aliphatic heterocycles. The molecule has 2 rings (SSSR count). The molecule has 0 fully saturated rings. The van der Waals surface area contributed by atoms with E-state index in [4.69, 9.17) is 11.6 Å². The first-order valence-electron chi connectivity index (χ1n) is 5.05. The number of halogens is 4. The summed E-state index contributed by atoms with van der Waals surface area (Å²) in [5.74, 6) is -0.0291. The van der Waals surface area contributed by atoms with E-state index in [9.17, 15) is 13.2 Å². The van der Waals surface area contributed by atoms with E-state index in [1.54, 1.807) is 6.92 Å². The Morgan fingerprint density at radius 3 is 2.44 bits per heavy atom. The highest BCUT2D eigenvalue weighted by molar-refractivity contribution is 6.30. The van der Waals surface area contributed by atoms with Gasteiger partial charge in [-0.3, -0.25) is 0 Å². The molecule has 0 saturated heterocycles. The van der Waals surface area contributed by atoms with Gasteiger partial charge in [-0.15, -0.1) is 0 Å². The Balaban J connectivity index is 2.61. The molecule has 0 aliphatic carbocycles. The molecule has 2 nitrogen and oxygen atoms in total. The third-order valence-corrected chi connectivity index (χ3v) is 2.77. The smallest absolute Gasteiger partial charge is 0.236 e. The van der Waals surface area contributed by atoms with Crippen LogP contribution in [0.25, 0.3) is 11.4 Å². The Labute approximate surface area is 106 Å². The summed E-state index contributed by atoms with van der Waals surface area (Å²) in [6.45, 7) is 1.68. The van der Waals surface area contributed by atoms with E-state index in [2.05, 4.69) is 9.97 Å². The van der Waals surface area contributed by atoms with E-state index < -0.39 is 11.7 Å². The normalized spacial score (nSPS) is 11.6. The molecule has 2 aromatic rings. The van der Waals surface area contributed by atoms with E-state index >= 15 is 0 Å². The van der Waals surface area contributed by atoms with Crippen LogP contribution < -0.4 is 0 Å². The summed E-state index contributed by atoms with van der Waals surface area (Å²) in [5, 5.41) is 0.150. The molecule has 0 unspecified atom stereocenters. The highest BCUT2D eigenvalue weighted by Gasteiger charge is 2.34. The molecule has 0 bridgehead atoms. The standard InChI is InChI=1S/C12H8ClF3N2/c1-7-6-17-11(18-10(7)13)8-4-2-3-5-9(8)12(14,15)16/h2-6H,1H3. The fourth-order valence-electron chi connectivity index (χ4n) is 1.48. The van der Waals surface area contributed by atoms with Crippen LogP contribution in [0.3, 0.4) is 0 Å². The summed E-state index contributed by atoms with van der Waals surface area (Å²) in [5.41, 5.74) is -0.235. The van der Waals surface area contributed by atoms with Crippen molar-refractivity contribution in [1.29, 1.82) is 0 Å². The van der Waals surface area contributed by atoms with Crippen molar-refractivity contribution in [3.63, 3.8) is 0 Å². The summed E-state index contributed by atoms with van der Waals surface area (Å²) in [4.78, 5) is 7.76. The molecule has 6 heteroatoms. The largest absolute Gasteiger partial charge is 0.417 e. The van der Waals surface area contributed by atoms with Crippen molar-refractivity contribution in [2.75, 3.05) is 0 Å². The second-order valence-corrected chi connectivity index (χ2v) is 4.07. The van der Waals surface area contributed by atoms with Crippen LogP contribution in [0.1, 0.15) is 11.1 Å². The Kier molecular flexibility index (Phi) is 3.26. The molecule has 0 atom stereocenters. The summed E-state index contributed by atoms with van der Waals surface area (Å²) < 4.78 is 38.5. The van der Waals surface area contributed by atoms with Crippen LogP contribution in [-0.2, 0) is 6.18 Å². The fraction of sp³-hybridized carbons (Fsp3) is 0.167. The summed E-state index contributed by atoms with van der Waals surface area (Å²) in [6, 6.07) is 5.14. The zero-order valence-electron chi connectivity index (χ0n) is 9.29. The molecular formula is C12H8ClF3N2. The lowest BCUT2D eigenvalue weighted by Crippen LogP contribution is -2.08. The first-order chi connectivity index (χ1) is 8.39. The van der Waals surface area contributed by atoms with Crippen molar-refractivity contribution < 1.29 is 13.2 Å². The van der Waals surface area contributed by atoms with Gasteiger partial charge in [-0.25, -0.2) is 9.97 Å². The average molecular weight is 273 g/mol. The minimum atomic E-state index is -4.45. The van der Waals surface area contributed by atoms with Crippen LogP contribution in [0.15, 0.2) is 30.5 Å². The summed E-state index contributed by atoms with van der Waals surface area (Å²) >= 11 is 5.80. The minimum Gasteiger partial charge on any atom is -0.236 e. The number of aromatic nitrogens is 2. The summed E-state index contributed by atoms with van der Waals surface area (Å²) in [6.07, 6.45) is -3.05. The molecule has 1 aromatic heterocycles. The van der Waals surface area contributed by atoms with E-state index in [0.717, 1.165) is 6.07 Å². The quantitative estimate of drug-likeness (QED) is 0.730. The van der Waals surface area contributed by atoms with Crippen molar-refractivity contribution >= 4 is 11.6 Å². The van der Waals surface area contributed by atoms with Gasteiger partial charge in [-0.05, 0) is 13.0 Å². The molecule has 1 aromatic carbocycles. The maximum atomic E-state index is 12.8. The Hall–Kier alpha value is -1.62. The molecule has 94 valence electrons. The Morgan fingerprint density at radius 1 is 1.17 bits per heavy atom. The van der Waals surface area contributed by atoms with Crippen LogP contribution in [0.4, 0.5) is 13.2 Å². The van der Waals surface area contributed by atoms with E-state index in [1.165, 1.54) is 24.4 Å². The molecule has 0 aliphatic rings. The lowest BCUT2D eigenvalue weighted by Gasteiger charge is -2.11. The highest BCUT2D eigenvalue weighted by atomic mass is 35.5. The average Bonchev–Trinajstić information content (AvgIpc) is 2.32. The Bertz CT molecular complexity index is 582. The van der Waals surface area contributed by atoms with Gasteiger partial charge in [-0.2, -0.15) is 13.2 Å². The van der Waals surface area contributed by atoms with Crippen LogP contribution >= 0.6 is 11.6 Å². The summed E-state index contributed by atoms with van der Waals surface area (Å²) in [7, 11) is 0. The monoisotopic (exact) mass is 272 g/mol. The third kappa shape index (κ3) is 2.46. The molecule has 0 spiro atoms. The van der Waals surface area contributed by atoms with Crippen LogP contribution in [0, 0.1) is 6.92 Å². The molecule has 0 saturated carbocycles. The third-order valence-electron chi connectivity index (χ3n) is 2.38. The van der Waals surface area contributed by atoms with Gasteiger partial charge in [-0.1, -0.05) is 29.8 Å². The lowest BCUT2D eigenvalue weighted by molar-refractivity contribution is -0.137. The molecule has 0 amide bonds. The zero-order valence-corrected chi connectivity index (χ0v) is 10.0. The number of hydrogen-bond donors (Lipinski definition) is 0. The van der Waals surface area contributed by atoms with Gasteiger partial charge in [0.1, 0.15) is 5.15 Å². The topological polar surface area (TPSA) is 25.8 Å². The Morgan fingerprint density at radius 2 is 1.83 bits per heavy atom. The van der Waals surface area contributed by atoms with Gasteiger partial charge in [0, 0.05) is 17.3 Å². The maximum Gasteiger partial charge on any atom is 0.417 e. The van der Waals surface area contributed by atoms with Gasteiger partial charge in [0.05, 0.1) is 5.56 Å². The second-order valence-electron chi connectivity index (χ2n) is 3.71. The van der Waals surface area contributed by atoms with E-state index in [-0.39, 0.29) is 16.5 Å². The molecule has 1 heterocycles. The molecule has 0 radical (unpaired) electrons. The van der Waals surface area contributed by atoms with Crippen molar-refractivity contribution in [2.24, 2.45) is 0 Å². The lowest BCUT2D eigenvalue weighted by atomic mass is 10.1. The number of aryl methyl sites for hydroxylation is 1. The van der Waals surface area contributed by atoms with Crippen LogP contribution in [0.5, 0.6) is 0 Å². The zero-order chi connectivity index (χ0) is 13.3. The van der Waals surface area contributed by atoms with Crippen molar-refractivity contribution in [2.45, 2.75) is 13.1 Å². The van der Waals surface area contributed by atoms with E-state index in [1.807, 2.05) is 0 Å². The van der Waals surface area contributed by atoms with Gasteiger partial charge in [0.2, 0.25) is 0 Å². The minimum absolute atomic E-state index is 0.0291. The molecule has 0 N–H and O–H groups in total. The number of hydrogen-bond acceptors (Lipinski definition) is 2. The first kappa shape index (κ1) is 12.8. The predicted molar refractivity (Wildman–Crippen MR) is 62.2 cm³/mol.